The molecule has 0 radical (unpaired) electrons. The lowest BCUT2D eigenvalue weighted by Gasteiger charge is -2.16. The summed E-state index contributed by atoms with van der Waals surface area (Å²) in [5.41, 5.74) is 7.24. The molecule has 2 N–H and O–H groups in total. The van der Waals surface area contributed by atoms with Crippen molar-refractivity contribution < 1.29 is 9.31 Å². The molecule has 2 aromatic carbocycles. The van der Waals surface area contributed by atoms with Gasteiger partial charge in [0, 0.05) is 18.1 Å². The van der Waals surface area contributed by atoms with Crippen LogP contribution < -0.4 is 5.73 Å². The van der Waals surface area contributed by atoms with Crippen molar-refractivity contribution in [1.29, 1.82) is 0 Å². The van der Waals surface area contributed by atoms with Crippen molar-refractivity contribution in [3.8, 4) is 0 Å². The van der Waals surface area contributed by atoms with Crippen molar-refractivity contribution in [2.45, 2.75) is 12.3 Å². The molecule has 0 aromatic heterocycles. The van der Waals surface area contributed by atoms with Gasteiger partial charge in [-0.25, -0.2) is 4.39 Å². The molecule has 0 spiro atoms. The third kappa shape index (κ3) is 3.19. The molecule has 0 saturated heterocycles. The minimum Gasteiger partial charge on any atom is -0.330 e. The van der Waals surface area contributed by atoms with Crippen LogP contribution in [-0.2, 0) is 6.42 Å². The summed E-state index contributed by atoms with van der Waals surface area (Å²) in [5, 5.41) is 10.6. The number of halogens is 1. The number of hydrogen-bond acceptors (Lipinski definition) is 3. The zero-order chi connectivity index (χ0) is 14.5. The van der Waals surface area contributed by atoms with Crippen LogP contribution in [0, 0.1) is 15.9 Å². The largest absolute Gasteiger partial charge is 0.330 e. The van der Waals surface area contributed by atoms with Gasteiger partial charge in [0.15, 0.2) is 0 Å². The van der Waals surface area contributed by atoms with Crippen molar-refractivity contribution in [2.24, 2.45) is 5.73 Å². The van der Waals surface area contributed by atoms with Gasteiger partial charge in [-0.2, -0.15) is 0 Å². The highest BCUT2D eigenvalue weighted by Gasteiger charge is 2.15. The van der Waals surface area contributed by atoms with Gasteiger partial charge < -0.3 is 5.73 Å². The average molecular weight is 274 g/mol. The molecule has 0 heterocycles. The number of nitrogens with two attached hydrogens (primary N) is 1. The fraction of sp³-hybridized carbons (Fsp3) is 0.200. The lowest BCUT2D eigenvalue weighted by atomic mass is 9.91. The van der Waals surface area contributed by atoms with Crippen LogP contribution in [-0.4, -0.2) is 11.5 Å². The summed E-state index contributed by atoms with van der Waals surface area (Å²) in [6.07, 6.45) is 0.551. The van der Waals surface area contributed by atoms with E-state index in [2.05, 4.69) is 0 Å². The van der Waals surface area contributed by atoms with E-state index in [1.54, 1.807) is 30.3 Å². The minimum absolute atomic E-state index is 0.0453. The van der Waals surface area contributed by atoms with Gasteiger partial charge in [-0.15, -0.1) is 0 Å². The molecule has 0 aliphatic rings. The van der Waals surface area contributed by atoms with E-state index >= 15 is 0 Å². The summed E-state index contributed by atoms with van der Waals surface area (Å²) in [7, 11) is 0. The van der Waals surface area contributed by atoms with Crippen molar-refractivity contribution in [3.63, 3.8) is 0 Å². The van der Waals surface area contributed by atoms with Crippen molar-refractivity contribution in [1.82, 2.24) is 0 Å². The van der Waals surface area contributed by atoms with Gasteiger partial charge in [0.2, 0.25) is 0 Å². The van der Waals surface area contributed by atoms with Crippen LogP contribution in [0.5, 0.6) is 0 Å². The molecule has 2 aromatic rings. The van der Waals surface area contributed by atoms with Crippen LogP contribution in [0.25, 0.3) is 0 Å². The van der Waals surface area contributed by atoms with E-state index in [-0.39, 0.29) is 17.4 Å². The highest BCUT2D eigenvalue weighted by Crippen LogP contribution is 2.23. The van der Waals surface area contributed by atoms with Crippen molar-refractivity contribution in [3.05, 3.63) is 75.6 Å². The normalized spacial score (nSPS) is 12.1. The second-order valence-corrected chi connectivity index (χ2v) is 4.58. The van der Waals surface area contributed by atoms with E-state index in [0.717, 1.165) is 5.56 Å². The van der Waals surface area contributed by atoms with Gasteiger partial charge >= 0.3 is 0 Å². The summed E-state index contributed by atoms with van der Waals surface area (Å²) < 4.78 is 13.8. The monoisotopic (exact) mass is 274 g/mol. The van der Waals surface area contributed by atoms with Crippen LogP contribution in [0.1, 0.15) is 17.0 Å². The van der Waals surface area contributed by atoms with Crippen LogP contribution in [0.4, 0.5) is 10.1 Å². The summed E-state index contributed by atoms with van der Waals surface area (Å²) in [6.45, 7) is 0.317. The average Bonchev–Trinajstić information content (AvgIpc) is 2.46. The molecule has 1 unspecified atom stereocenters. The van der Waals surface area contributed by atoms with Gasteiger partial charge in [0.1, 0.15) is 5.82 Å². The molecule has 1 atom stereocenters. The molecular weight excluding hydrogens is 259 g/mol. The fourth-order valence-corrected chi connectivity index (χ4v) is 2.16. The third-order valence-corrected chi connectivity index (χ3v) is 3.26. The number of nitro benzene ring substituents is 1. The van der Waals surface area contributed by atoms with Gasteiger partial charge in [-0.1, -0.05) is 30.3 Å². The predicted octanol–water partition coefficient (Wildman–Crippen LogP) is 3.02. The molecule has 0 aliphatic carbocycles. The van der Waals surface area contributed by atoms with Crippen LogP contribution in [0.2, 0.25) is 0 Å². The summed E-state index contributed by atoms with van der Waals surface area (Å²) in [6, 6.07) is 12.8. The first-order valence-electron chi connectivity index (χ1n) is 6.29. The zero-order valence-electron chi connectivity index (χ0n) is 10.8. The molecule has 4 nitrogen and oxygen atoms in total. The lowest BCUT2D eigenvalue weighted by molar-refractivity contribution is -0.384. The van der Waals surface area contributed by atoms with Crippen LogP contribution in [0.15, 0.2) is 48.5 Å². The van der Waals surface area contributed by atoms with E-state index in [0.29, 0.717) is 18.5 Å². The smallest absolute Gasteiger partial charge is 0.269 e. The van der Waals surface area contributed by atoms with Gasteiger partial charge in [0.05, 0.1) is 4.92 Å². The molecule has 0 saturated carbocycles. The lowest BCUT2D eigenvalue weighted by Crippen LogP contribution is -2.16. The van der Waals surface area contributed by atoms with E-state index in [9.17, 15) is 14.5 Å². The topological polar surface area (TPSA) is 69.2 Å². The molecule has 0 fully saturated rings. The second-order valence-electron chi connectivity index (χ2n) is 4.58. The Balaban J connectivity index is 2.18. The molecular formula is C15H15FN2O2. The highest BCUT2D eigenvalue weighted by atomic mass is 19.1. The number of rotatable bonds is 5. The Hall–Kier alpha value is -2.27. The summed E-state index contributed by atoms with van der Waals surface area (Å²) in [5.74, 6) is -0.414. The molecule has 0 aliphatic heterocycles. The van der Waals surface area contributed by atoms with E-state index < -0.39 is 4.92 Å². The first-order chi connectivity index (χ1) is 9.61. The molecule has 104 valence electrons. The summed E-state index contributed by atoms with van der Waals surface area (Å²) in [4.78, 5) is 10.1. The van der Waals surface area contributed by atoms with E-state index in [4.69, 9.17) is 5.73 Å². The molecule has 20 heavy (non-hydrogen) atoms. The first-order valence-corrected chi connectivity index (χ1v) is 6.29. The van der Waals surface area contributed by atoms with Gasteiger partial charge in [0.25, 0.3) is 5.69 Å². The van der Waals surface area contributed by atoms with Gasteiger partial charge in [-0.05, 0) is 30.2 Å². The Morgan fingerprint density at radius 3 is 2.35 bits per heavy atom. The number of benzene rings is 2. The van der Waals surface area contributed by atoms with Crippen LogP contribution in [0.3, 0.4) is 0 Å². The Morgan fingerprint density at radius 2 is 1.80 bits per heavy atom. The molecule has 0 bridgehead atoms. The first kappa shape index (κ1) is 14.1. The van der Waals surface area contributed by atoms with Crippen molar-refractivity contribution >= 4 is 5.69 Å². The maximum absolute atomic E-state index is 13.8. The SMILES string of the molecule is NCC(Cc1ccc([N+](=O)[O-])cc1)c1ccccc1F. The number of nitrogens with zero attached hydrogens (tertiary/aromatic N) is 1. The molecule has 0 amide bonds. The maximum atomic E-state index is 13.8. The van der Waals surface area contributed by atoms with E-state index in [1.807, 2.05) is 0 Å². The second kappa shape index (κ2) is 6.25. The van der Waals surface area contributed by atoms with Crippen molar-refractivity contribution in [2.75, 3.05) is 6.54 Å². The summed E-state index contributed by atoms with van der Waals surface area (Å²) >= 11 is 0. The minimum atomic E-state index is -0.443. The standard InChI is InChI=1S/C15H15FN2O2/c16-15-4-2-1-3-14(15)12(10-17)9-11-5-7-13(8-6-11)18(19)20/h1-8,12H,9-10,17H2. The van der Waals surface area contributed by atoms with E-state index in [1.165, 1.54) is 18.2 Å². The number of nitro groups is 1. The molecule has 5 heteroatoms. The Morgan fingerprint density at radius 1 is 1.15 bits per heavy atom. The third-order valence-electron chi connectivity index (χ3n) is 3.26. The highest BCUT2D eigenvalue weighted by molar-refractivity contribution is 5.34. The number of hydrogen-bond donors (Lipinski definition) is 1. The van der Waals surface area contributed by atoms with Crippen LogP contribution >= 0.6 is 0 Å². The Labute approximate surface area is 116 Å². The number of non-ortho nitro benzene ring substituents is 1. The predicted molar refractivity (Wildman–Crippen MR) is 75.0 cm³/mol. The Bertz CT molecular complexity index is 599. The Kier molecular flexibility index (Phi) is 4.42. The molecule has 2 rings (SSSR count). The quantitative estimate of drug-likeness (QED) is 0.673. The fourth-order valence-electron chi connectivity index (χ4n) is 2.16. The van der Waals surface area contributed by atoms with Gasteiger partial charge in [-0.3, -0.25) is 10.1 Å². The zero-order valence-corrected chi connectivity index (χ0v) is 10.8. The maximum Gasteiger partial charge on any atom is 0.269 e.